The first-order valence-corrected chi connectivity index (χ1v) is 20.2. The van der Waals surface area contributed by atoms with Crippen LogP contribution in [0.25, 0.3) is 27.5 Å². The second-order valence-corrected chi connectivity index (χ2v) is 15.6. The van der Waals surface area contributed by atoms with Crippen molar-refractivity contribution < 1.29 is 19.0 Å². The van der Waals surface area contributed by atoms with Crippen LogP contribution in [0.1, 0.15) is 96.0 Å². The zero-order chi connectivity index (χ0) is 39.7. The van der Waals surface area contributed by atoms with Crippen molar-refractivity contribution in [2.24, 2.45) is 15.7 Å². The van der Waals surface area contributed by atoms with Crippen LogP contribution in [0.2, 0.25) is 0 Å². The van der Waals surface area contributed by atoms with Crippen molar-refractivity contribution in [2.45, 2.75) is 91.6 Å². The van der Waals surface area contributed by atoms with E-state index in [1.165, 1.54) is 6.07 Å². The van der Waals surface area contributed by atoms with Gasteiger partial charge < -0.3 is 25.8 Å². The van der Waals surface area contributed by atoms with Crippen molar-refractivity contribution in [3.05, 3.63) is 70.3 Å². The summed E-state index contributed by atoms with van der Waals surface area (Å²) >= 11 is 0. The van der Waals surface area contributed by atoms with Crippen molar-refractivity contribution in [1.29, 1.82) is 0 Å². The topological polar surface area (TPSA) is 142 Å². The molecule has 3 aromatic rings. The van der Waals surface area contributed by atoms with Crippen LogP contribution in [0.15, 0.2) is 52.1 Å². The number of carbonyl (C=O) groups is 1. The minimum Gasteiger partial charge on any atom is -0.508 e. The standard InChI is InChI=1S/C44H55FN8O3/c1-7-31-34(45)14-13-28-21-30(54)23-33(37(28)31)36-27(6)39-38(32(8-2)40(36)49-26(4)5)41(51-43(50-39)56-25-44-15-10-19-53(44)20-11-16-44)52-18-12-17-48-29(24-52)22-35(46)42(55)47-9-3/h8,13-14,21-23,26,54H,7,9-12,15-20,24-25,46H2,1-6H3,(H,47,55)/b32-8-,35-22-,49-40?. The molecular formula is C44H55FN8O3. The number of halogens is 1. The molecule has 0 saturated carbocycles. The first-order valence-electron chi connectivity index (χ1n) is 20.2. The predicted octanol–water partition coefficient (Wildman–Crippen LogP) is 6.87. The van der Waals surface area contributed by atoms with Crippen LogP contribution in [0.3, 0.4) is 0 Å². The van der Waals surface area contributed by atoms with Crippen LogP contribution in [0, 0.1) is 5.82 Å². The highest BCUT2D eigenvalue weighted by molar-refractivity contribution is 6.51. The van der Waals surface area contributed by atoms with E-state index in [4.69, 9.17) is 30.4 Å². The second-order valence-electron chi connectivity index (χ2n) is 15.6. The molecule has 1 aliphatic carbocycles. The number of nitrogens with zero attached hydrogens (tertiary/aromatic N) is 6. The fourth-order valence-corrected chi connectivity index (χ4v) is 9.08. The first-order chi connectivity index (χ1) is 27.0. The summed E-state index contributed by atoms with van der Waals surface area (Å²) in [6, 6.07) is 6.80. The number of ether oxygens (including phenoxy) is 1. The molecule has 0 atom stereocenters. The molecule has 11 nitrogen and oxygen atoms in total. The Kier molecular flexibility index (Phi) is 11.3. The Morgan fingerprint density at radius 1 is 1.14 bits per heavy atom. The molecule has 7 rings (SSSR count). The number of aromatic nitrogens is 2. The summed E-state index contributed by atoms with van der Waals surface area (Å²) in [6.45, 7) is 16.6. The van der Waals surface area contributed by atoms with E-state index in [-0.39, 0.29) is 40.8 Å². The molecule has 1 amide bonds. The summed E-state index contributed by atoms with van der Waals surface area (Å²) < 4.78 is 22.3. The normalized spacial score (nSPS) is 20.2. The van der Waals surface area contributed by atoms with Crippen molar-refractivity contribution in [3.63, 3.8) is 0 Å². The number of carbonyl (C=O) groups excluding carboxylic acids is 1. The van der Waals surface area contributed by atoms with Crippen molar-refractivity contribution >= 4 is 50.6 Å². The molecule has 0 bridgehead atoms. The maximum Gasteiger partial charge on any atom is 0.319 e. The molecule has 4 aliphatic rings. The number of nitrogens with two attached hydrogens (primary N) is 1. The SMILES string of the molecule is C/C=C1\C(=NC(C)C)C(c2cc(O)cc3ccc(F)c(CC)c23)=C(C)c2nc(OCC34CCCN3CCC4)nc(N3CCCN=C(/C=C(\N)C(=O)NCC)C3)c21. The minimum absolute atomic E-state index is 0.0219. The van der Waals surface area contributed by atoms with E-state index in [2.05, 4.69) is 15.1 Å². The molecule has 56 heavy (non-hydrogen) atoms. The van der Waals surface area contributed by atoms with E-state index in [0.717, 1.165) is 84.0 Å². The van der Waals surface area contributed by atoms with E-state index < -0.39 is 0 Å². The first kappa shape index (κ1) is 39.1. The highest BCUT2D eigenvalue weighted by Crippen LogP contribution is 2.47. The number of amides is 1. The predicted molar refractivity (Wildman–Crippen MR) is 224 cm³/mol. The van der Waals surface area contributed by atoms with Gasteiger partial charge in [-0.25, -0.2) is 4.39 Å². The third kappa shape index (κ3) is 7.31. The van der Waals surface area contributed by atoms with Gasteiger partial charge in [0.25, 0.3) is 5.91 Å². The van der Waals surface area contributed by atoms with E-state index in [0.29, 0.717) is 67.6 Å². The Labute approximate surface area is 329 Å². The highest BCUT2D eigenvalue weighted by Gasteiger charge is 2.45. The van der Waals surface area contributed by atoms with Gasteiger partial charge in [-0.3, -0.25) is 19.7 Å². The number of aryl methyl sites for hydroxylation is 1. The van der Waals surface area contributed by atoms with Gasteiger partial charge in [0.2, 0.25) is 0 Å². The monoisotopic (exact) mass is 762 g/mol. The Morgan fingerprint density at radius 2 is 1.91 bits per heavy atom. The van der Waals surface area contributed by atoms with Crippen LogP contribution in [-0.2, 0) is 11.2 Å². The molecule has 1 aromatic heterocycles. The summed E-state index contributed by atoms with van der Waals surface area (Å²) in [5, 5.41) is 15.4. The number of benzene rings is 2. The fourth-order valence-electron chi connectivity index (χ4n) is 9.08. The van der Waals surface area contributed by atoms with Gasteiger partial charge in [0.15, 0.2) is 0 Å². The van der Waals surface area contributed by atoms with E-state index in [1.54, 1.807) is 24.3 Å². The number of aromatic hydroxyl groups is 1. The number of rotatable bonds is 10. The molecule has 0 spiro atoms. The molecule has 2 aromatic carbocycles. The summed E-state index contributed by atoms with van der Waals surface area (Å²) in [5.41, 5.74) is 12.9. The van der Waals surface area contributed by atoms with Gasteiger partial charge >= 0.3 is 6.01 Å². The van der Waals surface area contributed by atoms with Crippen LogP contribution in [0.5, 0.6) is 11.8 Å². The van der Waals surface area contributed by atoms with Gasteiger partial charge in [0.05, 0.1) is 40.5 Å². The molecule has 2 saturated heterocycles. The number of likely N-dealkylation sites (N-methyl/N-ethyl adjacent to an activating group) is 1. The van der Waals surface area contributed by atoms with Gasteiger partial charge in [0, 0.05) is 36.8 Å². The van der Waals surface area contributed by atoms with Crippen molar-refractivity contribution in [3.8, 4) is 11.8 Å². The fraction of sp³-hybridized carbons (Fsp3) is 0.477. The zero-order valence-corrected chi connectivity index (χ0v) is 33.6. The maximum absolute atomic E-state index is 15.6. The number of anilines is 1. The smallest absolute Gasteiger partial charge is 0.319 e. The van der Waals surface area contributed by atoms with Crippen molar-refractivity contribution in [1.82, 2.24) is 20.2 Å². The summed E-state index contributed by atoms with van der Waals surface area (Å²) in [4.78, 5) is 37.9. The summed E-state index contributed by atoms with van der Waals surface area (Å²) in [5.74, 6) is 0.139. The van der Waals surface area contributed by atoms with Gasteiger partial charge in [-0.05, 0) is 138 Å². The Bertz CT molecular complexity index is 2190. The molecule has 296 valence electrons. The number of fused-ring (bicyclic) bond motifs is 3. The van der Waals surface area contributed by atoms with E-state index in [1.807, 2.05) is 47.6 Å². The largest absolute Gasteiger partial charge is 0.508 e. The van der Waals surface area contributed by atoms with Crippen LogP contribution in [-0.4, -0.2) is 94.8 Å². The average molecular weight is 763 g/mol. The molecule has 4 N–H and O–H groups in total. The van der Waals surface area contributed by atoms with E-state index in [9.17, 15) is 9.90 Å². The Balaban J connectivity index is 1.46. The number of hydrogen-bond donors (Lipinski definition) is 3. The molecule has 0 unspecified atom stereocenters. The Hall–Kier alpha value is -5.10. The molecule has 0 radical (unpaired) electrons. The van der Waals surface area contributed by atoms with Gasteiger partial charge in [-0.1, -0.05) is 19.1 Å². The number of nitrogens with one attached hydrogen (secondary N) is 1. The number of hydrogen-bond acceptors (Lipinski definition) is 10. The van der Waals surface area contributed by atoms with Crippen LogP contribution < -0.4 is 20.7 Å². The molecule has 2 fully saturated rings. The quantitative estimate of drug-likeness (QED) is 0.190. The lowest BCUT2D eigenvalue weighted by molar-refractivity contribution is -0.117. The third-order valence-electron chi connectivity index (χ3n) is 11.6. The van der Waals surface area contributed by atoms with Crippen LogP contribution >= 0.6 is 0 Å². The third-order valence-corrected chi connectivity index (χ3v) is 11.6. The number of allylic oxidation sites excluding steroid dienone is 4. The van der Waals surface area contributed by atoms with Gasteiger partial charge in [-0.2, -0.15) is 9.97 Å². The summed E-state index contributed by atoms with van der Waals surface area (Å²) in [6.07, 6.45) is 9.38. The Morgan fingerprint density at radius 3 is 2.61 bits per heavy atom. The molecule has 4 heterocycles. The molecular weight excluding hydrogens is 708 g/mol. The molecule has 3 aliphatic heterocycles. The van der Waals surface area contributed by atoms with Crippen LogP contribution in [0.4, 0.5) is 10.2 Å². The molecule has 12 heteroatoms. The summed E-state index contributed by atoms with van der Waals surface area (Å²) in [7, 11) is 0. The van der Waals surface area contributed by atoms with E-state index >= 15 is 4.39 Å². The number of phenols is 1. The van der Waals surface area contributed by atoms with Gasteiger partial charge in [0.1, 0.15) is 24.0 Å². The lowest BCUT2D eigenvalue weighted by Gasteiger charge is -2.33. The van der Waals surface area contributed by atoms with Crippen molar-refractivity contribution in [2.75, 3.05) is 50.8 Å². The minimum atomic E-state index is -0.335. The zero-order valence-electron chi connectivity index (χ0n) is 33.6. The number of aliphatic imine (C=N–C) groups is 2. The maximum atomic E-state index is 15.6. The lowest BCUT2D eigenvalue weighted by atomic mass is 9.78. The highest BCUT2D eigenvalue weighted by atomic mass is 19.1. The second kappa shape index (κ2) is 16.2. The number of phenolic OH excluding ortho intramolecular Hbond substituents is 1. The lowest BCUT2D eigenvalue weighted by Crippen LogP contribution is -2.43. The average Bonchev–Trinajstić information content (AvgIpc) is 3.67. The van der Waals surface area contributed by atoms with Gasteiger partial charge in [-0.15, -0.1) is 0 Å².